The first kappa shape index (κ1) is 17.7. The molecule has 2 aromatic rings. The lowest BCUT2D eigenvalue weighted by Crippen LogP contribution is -2.24. The molecule has 1 heterocycles. The number of alkyl halides is 3. The van der Waals surface area contributed by atoms with Crippen LogP contribution >= 0.6 is 11.6 Å². The zero-order valence-electron chi connectivity index (χ0n) is 12.0. The van der Waals surface area contributed by atoms with Gasteiger partial charge in [-0.1, -0.05) is 23.7 Å². The average molecular weight is 358 g/mol. The molecular formula is C15H11ClF3N3O2. The summed E-state index contributed by atoms with van der Waals surface area (Å²) in [6.07, 6.45) is -4.41. The van der Waals surface area contributed by atoms with E-state index in [4.69, 9.17) is 17.3 Å². The van der Waals surface area contributed by atoms with E-state index in [0.29, 0.717) is 5.56 Å². The lowest BCUT2D eigenvalue weighted by Gasteiger charge is -2.09. The van der Waals surface area contributed by atoms with Crippen LogP contribution in [0.15, 0.2) is 36.4 Å². The molecule has 0 aliphatic rings. The van der Waals surface area contributed by atoms with Crippen molar-refractivity contribution in [2.24, 2.45) is 5.73 Å². The predicted molar refractivity (Wildman–Crippen MR) is 80.4 cm³/mol. The van der Waals surface area contributed by atoms with Gasteiger partial charge < -0.3 is 11.1 Å². The van der Waals surface area contributed by atoms with Crippen LogP contribution in [-0.2, 0) is 12.7 Å². The number of carbonyl (C=O) groups excluding carboxylic acids is 2. The van der Waals surface area contributed by atoms with Crippen LogP contribution < -0.4 is 11.1 Å². The second kappa shape index (κ2) is 6.88. The molecule has 5 nitrogen and oxygen atoms in total. The number of halogens is 4. The van der Waals surface area contributed by atoms with Gasteiger partial charge in [-0.05, 0) is 29.8 Å². The van der Waals surface area contributed by atoms with E-state index >= 15 is 0 Å². The van der Waals surface area contributed by atoms with Gasteiger partial charge in [-0.15, -0.1) is 0 Å². The Balaban J connectivity index is 2.03. The Morgan fingerprint density at radius 1 is 1.12 bits per heavy atom. The minimum Gasteiger partial charge on any atom is -0.366 e. The SMILES string of the molecule is NC(=O)c1ccc(C(=O)NCc2ccc(C(F)(F)F)cc2)nc1Cl. The highest BCUT2D eigenvalue weighted by Crippen LogP contribution is 2.29. The summed E-state index contributed by atoms with van der Waals surface area (Å²) in [5.74, 6) is -1.36. The smallest absolute Gasteiger partial charge is 0.366 e. The molecule has 3 N–H and O–H groups in total. The number of rotatable bonds is 4. The zero-order valence-corrected chi connectivity index (χ0v) is 12.8. The number of hydrogen-bond donors (Lipinski definition) is 2. The van der Waals surface area contributed by atoms with Crippen LogP contribution in [0.1, 0.15) is 32.0 Å². The van der Waals surface area contributed by atoms with Crippen LogP contribution in [0.5, 0.6) is 0 Å². The van der Waals surface area contributed by atoms with E-state index in [1.807, 2.05) is 0 Å². The van der Waals surface area contributed by atoms with Crippen LogP contribution in [0, 0.1) is 0 Å². The van der Waals surface area contributed by atoms with Gasteiger partial charge in [-0.3, -0.25) is 9.59 Å². The van der Waals surface area contributed by atoms with E-state index in [1.165, 1.54) is 24.3 Å². The predicted octanol–water partition coefficient (Wildman–Crippen LogP) is 2.78. The van der Waals surface area contributed by atoms with Crippen LogP contribution in [0.25, 0.3) is 0 Å². The third-order valence-corrected chi connectivity index (χ3v) is 3.37. The molecule has 0 spiro atoms. The van der Waals surface area contributed by atoms with Crippen molar-refractivity contribution in [3.8, 4) is 0 Å². The fraction of sp³-hybridized carbons (Fsp3) is 0.133. The van der Waals surface area contributed by atoms with Gasteiger partial charge in [0.05, 0.1) is 11.1 Å². The molecule has 0 atom stereocenters. The number of amides is 2. The van der Waals surface area contributed by atoms with Crippen molar-refractivity contribution in [2.45, 2.75) is 12.7 Å². The average Bonchev–Trinajstić information content (AvgIpc) is 2.51. The molecule has 24 heavy (non-hydrogen) atoms. The van der Waals surface area contributed by atoms with Crippen LogP contribution in [0.3, 0.4) is 0 Å². The molecule has 2 rings (SSSR count). The maximum absolute atomic E-state index is 12.5. The number of nitrogens with two attached hydrogens (primary N) is 1. The normalized spacial score (nSPS) is 11.2. The summed E-state index contributed by atoms with van der Waals surface area (Å²) < 4.78 is 37.4. The molecule has 1 aromatic carbocycles. The maximum Gasteiger partial charge on any atom is 0.416 e. The quantitative estimate of drug-likeness (QED) is 0.825. The van der Waals surface area contributed by atoms with Crippen molar-refractivity contribution in [3.05, 3.63) is 63.9 Å². The number of carbonyl (C=O) groups is 2. The second-order valence-electron chi connectivity index (χ2n) is 4.78. The van der Waals surface area contributed by atoms with E-state index in [9.17, 15) is 22.8 Å². The van der Waals surface area contributed by atoms with Crippen LogP contribution in [0.2, 0.25) is 5.15 Å². The van der Waals surface area contributed by atoms with Gasteiger partial charge in [0.15, 0.2) is 0 Å². The first-order valence-electron chi connectivity index (χ1n) is 6.59. The third-order valence-electron chi connectivity index (χ3n) is 3.08. The maximum atomic E-state index is 12.5. The lowest BCUT2D eigenvalue weighted by molar-refractivity contribution is -0.137. The summed E-state index contributed by atoms with van der Waals surface area (Å²) in [5, 5.41) is 2.29. The summed E-state index contributed by atoms with van der Waals surface area (Å²) in [6.45, 7) is 0.00778. The molecule has 0 fully saturated rings. The lowest BCUT2D eigenvalue weighted by atomic mass is 10.1. The highest BCUT2D eigenvalue weighted by molar-refractivity contribution is 6.32. The first-order chi connectivity index (χ1) is 11.2. The molecule has 0 aliphatic heterocycles. The Labute approximate surface area is 139 Å². The van der Waals surface area contributed by atoms with Gasteiger partial charge in [0.1, 0.15) is 10.8 Å². The fourth-order valence-corrected chi connectivity index (χ4v) is 2.08. The van der Waals surface area contributed by atoms with E-state index < -0.39 is 23.6 Å². The van der Waals surface area contributed by atoms with Crippen molar-refractivity contribution in [2.75, 3.05) is 0 Å². The molecule has 0 radical (unpaired) electrons. The van der Waals surface area contributed by atoms with E-state index in [2.05, 4.69) is 10.3 Å². The van der Waals surface area contributed by atoms with Gasteiger partial charge >= 0.3 is 6.18 Å². The van der Waals surface area contributed by atoms with Crippen molar-refractivity contribution in [1.29, 1.82) is 0 Å². The van der Waals surface area contributed by atoms with Crippen molar-refractivity contribution in [1.82, 2.24) is 10.3 Å². The largest absolute Gasteiger partial charge is 0.416 e. The monoisotopic (exact) mass is 357 g/mol. The Morgan fingerprint density at radius 3 is 2.25 bits per heavy atom. The Bertz CT molecular complexity index is 777. The number of hydrogen-bond acceptors (Lipinski definition) is 3. The Hall–Kier alpha value is -2.61. The zero-order chi connectivity index (χ0) is 17.9. The highest BCUT2D eigenvalue weighted by atomic mass is 35.5. The summed E-state index contributed by atoms with van der Waals surface area (Å²) in [7, 11) is 0. The van der Waals surface area contributed by atoms with E-state index in [0.717, 1.165) is 12.1 Å². The van der Waals surface area contributed by atoms with Crippen molar-refractivity contribution in [3.63, 3.8) is 0 Å². The molecule has 0 bridgehead atoms. The summed E-state index contributed by atoms with van der Waals surface area (Å²) in [6, 6.07) is 6.93. The molecule has 0 unspecified atom stereocenters. The van der Waals surface area contributed by atoms with E-state index in [-0.39, 0.29) is 23.0 Å². The summed E-state index contributed by atoms with van der Waals surface area (Å²) in [5.41, 5.74) is 4.72. The number of pyridine rings is 1. The van der Waals surface area contributed by atoms with Gasteiger partial charge in [0, 0.05) is 6.54 Å². The third kappa shape index (κ3) is 4.23. The molecule has 2 amide bonds. The van der Waals surface area contributed by atoms with Gasteiger partial charge in [-0.2, -0.15) is 13.2 Å². The van der Waals surface area contributed by atoms with Gasteiger partial charge in [0.2, 0.25) is 0 Å². The molecule has 0 saturated carbocycles. The number of aromatic nitrogens is 1. The topological polar surface area (TPSA) is 85.1 Å². The van der Waals surface area contributed by atoms with Crippen LogP contribution in [0.4, 0.5) is 13.2 Å². The molecule has 126 valence electrons. The van der Waals surface area contributed by atoms with Crippen molar-refractivity contribution < 1.29 is 22.8 Å². The molecule has 1 aromatic heterocycles. The Kier molecular flexibility index (Phi) is 5.08. The van der Waals surface area contributed by atoms with Gasteiger partial charge in [0.25, 0.3) is 11.8 Å². The fourth-order valence-electron chi connectivity index (χ4n) is 1.83. The number of nitrogens with zero attached hydrogens (tertiary/aromatic N) is 1. The number of benzene rings is 1. The minimum atomic E-state index is -4.41. The first-order valence-corrected chi connectivity index (χ1v) is 6.97. The minimum absolute atomic E-state index is 0.00778. The standard InChI is InChI=1S/C15H11ClF3N3O2/c16-12-10(13(20)23)5-6-11(22-12)14(24)21-7-8-1-3-9(4-2-8)15(17,18)19/h1-6H,7H2,(H2,20,23)(H,21,24). The molecule has 9 heteroatoms. The summed E-state index contributed by atoms with van der Waals surface area (Å²) in [4.78, 5) is 26.7. The Morgan fingerprint density at radius 2 is 1.75 bits per heavy atom. The highest BCUT2D eigenvalue weighted by Gasteiger charge is 2.29. The summed E-state index contributed by atoms with van der Waals surface area (Å²) >= 11 is 5.75. The molecule has 0 saturated heterocycles. The molecular weight excluding hydrogens is 347 g/mol. The van der Waals surface area contributed by atoms with E-state index in [1.54, 1.807) is 0 Å². The second-order valence-corrected chi connectivity index (χ2v) is 5.13. The van der Waals surface area contributed by atoms with Gasteiger partial charge in [-0.25, -0.2) is 4.98 Å². The van der Waals surface area contributed by atoms with Crippen LogP contribution in [-0.4, -0.2) is 16.8 Å². The number of nitrogens with one attached hydrogen (secondary N) is 1. The van der Waals surface area contributed by atoms with Crippen molar-refractivity contribution >= 4 is 23.4 Å². The number of primary amides is 1. The molecule has 0 aliphatic carbocycles.